The van der Waals surface area contributed by atoms with Crippen LogP contribution in [0.2, 0.25) is 0 Å². The van der Waals surface area contributed by atoms with Crippen LogP contribution in [0, 0.1) is 0 Å². The van der Waals surface area contributed by atoms with Gasteiger partial charge < -0.3 is 10.6 Å². The molecular weight excluding hydrogens is 140 g/mol. The number of hydrogen-bond acceptors (Lipinski definition) is 3. The van der Waals surface area contributed by atoms with Crippen molar-refractivity contribution < 1.29 is 4.84 Å². The van der Waals surface area contributed by atoms with E-state index in [1.54, 1.807) is 7.11 Å². The summed E-state index contributed by atoms with van der Waals surface area (Å²) in [4.78, 5) is 4.70. The first-order valence-corrected chi connectivity index (χ1v) is 4.37. The minimum atomic E-state index is 0.830. The van der Waals surface area contributed by atoms with E-state index in [1.807, 2.05) is 0 Å². The molecule has 0 aliphatic heterocycles. The van der Waals surface area contributed by atoms with E-state index in [9.17, 15) is 0 Å². The molecule has 3 nitrogen and oxygen atoms in total. The van der Waals surface area contributed by atoms with Crippen LogP contribution in [-0.4, -0.2) is 20.2 Å². The Labute approximate surface area is 69.3 Å². The van der Waals surface area contributed by atoms with Crippen LogP contribution in [0.1, 0.15) is 32.1 Å². The Kier molecular flexibility index (Phi) is 9.77. The van der Waals surface area contributed by atoms with Crippen molar-refractivity contribution in [2.24, 2.45) is 5.73 Å². The molecule has 0 fully saturated rings. The van der Waals surface area contributed by atoms with Gasteiger partial charge in [-0.05, 0) is 19.4 Å². The molecule has 0 amide bonds. The zero-order valence-corrected chi connectivity index (χ0v) is 7.44. The van der Waals surface area contributed by atoms with Crippen LogP contribution in [0.5, 0.6) is 0 Å². The fourth-order valence-corrected chi connectivity index (χ4v) is 0.974. The second-order valence-corrected chi connectivity index (χ2v) is 2.65. The van der Waals surface area contributed by atoms with Crippen LogP contribution in [0.25, 0.3) is 0 Å². The van der Waals surface area contributed by atoms with Crippen molar-refractivity contribution >= 4 is 0 Å². The average Bonchev–Trinajstić information content (AvgIpc) is 2.03. The molecule has 0 aliphatic carbocycles. The Balaban J connectivity index is 2.69. The number of hydroxylamine groups is 1. The van der Waals surface area contributed by atoms with E-state index in [4.69, 9.17) is 10.6 Å². The number of hydrogen-bond donors (Lipinski definition) is 2. The number of nitrogens with two attached hydrogens (primary N) is 1. The summed E-state index contributed by atoms with van der Waals surface area (Å²) in [6.07, 6.45) is 6.19. The molecule has 0 heterocycles. The Hall–Kier alpha value is -0.120. The van der Waals surface area contributed by atoms with Crippen molar-refractivity contribution in [3.8, 4) is 0 Å². The Bertz CT molecular complexity index is 61.1. The first kappa shape index (κ1) is 10.9. The van der Waals surface area contributed by atoms with Gasteiger partial charge in [0.05, 0.1) is 7.11 Å². The first-order chi connectivity index (χ1) is 5.41. The lowest BCUT2D eigenvalue weighted by Crippen LogP contribution is -2.12. The van der Waals surface area contributed by atoms with Crippen LogP contribution >= 0.6 is 0 Å². The molecule has 0 rings (SSSR count). The molecule has 0 unspecified atom stereocenters. The smallest absolute Gasteiger partial charge is 0.0572 e. The monoisotopic (exact) mass is 160 g/mol. The summed E-state index contributed by atoms with van der Waals surface area (Å²) in [7, 11) is 1.65. The molecule has 11 heavy (non-hydrogen) atoms. The van der Waals surface area contributed by atoms with Crippen LogP contribution in [-0.2, 0) is 4.84 Å². The van der Waals surface area contributed by atoms with Gasteiger partial charge in [-0.1, -0.05) is 19.3 Å². The van der Waals surface area contributed by atoms with Gasteiger partial charge in [-0.2, -0.15) is 0 Å². The molecule has 0 aromatic carbocycles. The summed E-state index contributed by atoms with van der Waals surface area (Å²) >= 11 is 0. The van der Waals surface area contributed by atoms with Gasteiger partial charge in [0, 0.05) is 6.54 Å². The molecule has 0 aromatic rings. The number of rotatable bonds is 8. The largest absolute Gasteiger partial charge is 0.330 e. The normalized spacial score (nSPS) is 10.4. The molecule has 0 aliphatic rings. The quantitative estimate of drug-likeness (QED) is 0.412. The van der Waals surface area contributed by atoms with E-state index in [1.165, 1.54) is 25.7 Å². The summed E-state index contributed by atoms with van der Waals surface area (Å²) in [5.74, 6) is 0. The van der Waals surface area contributed by atoms with Gasteiger partial charge in [0.2, 0.25) is 0 Å². The summed E-state index contributed by atoms with van der Waals surface area (Å²) < 4.78 is 0. The predicted molar refractivity (Wildman–Crippen MR) is 47.2 cm³/mol. The van der Waals surface area contributed by atoms with Crippen LogP contribution in [0.4, 0.5) is 0 Å². The molecule has 0 atom stereocenters. The van der Waals surface area contributed by atoms with Gasteiger partial charge in [0.25, 0.3) is 0 Å². The Morgan fingerprint density at radius 3 is 2.36 bits per heavy atom. The fraction of sp³-hybridized carbons (Fsp3) is 1.00. The molecule has 0 saturated carbocycles. The molecule has 68 valence electrons. The SMILES string of the molecule is CONCCCCCCCN. The molecule has 0 saturated heterocycles. The lowest BCUT2D eigenvalue weighted by atomic mass is 10.1. The van der Waals surface area contributed by atoms with Crippen molar-refractivity contribution in [1.82, 2.24) is 5.48 Å². The highest BCUT2D eigenvalue weighted by Crippen LogP contribution is 2.00. The zero-order valence-electron chi connectivity index (χ0n) is 7.44. The van der Waals surface area contributed by atoms with E-state index in [2.05, 4.69) is 5.48 Å². The lowest BCUT2D eigenvalue weighted by Gasteiger charge is -2.00. The Morgan fingerprint density at radius 2 is 1.73 bits per heavy atom. The highest BCUT2D eigenvalue weighted by Gasteiger charge is 1.88. The van der Waals surface area contributed by atoms with Gasteiger partial charge in [-0.15, -0.1) is 0 Å². The summed E-state index contributed by atoms with van der Waals surface area (Å²) in [5, 5.41) is 0. The van der Waals surface area contributed by atoms with E-state index >= 15 is 0 Å². The average molecular weight is 160 g/mol. The zero-order chi connectivity index (χ0) is 8.36. The van der Waals surface area contributed by atoms with Gasteiger partial charge >= 0.3 is 0 Å². The van der Waals surface area contributed by atoms with Crippen LogP contribution < -0.4 is 11.2 Å². The van der Waals surface area contributed by atoms with Crippen LogP contribution in [0.15, 0.2) is 0 Å². The summed E-state index contributed by atoms with van der Waals surface area (Å²) in [6, 6.07) is 0. The maximum Gasteiger partial charge on any atom is 0.0572 e. The maximum atomic E-state index is 5.36. The van der Waals surface area contributed by atoms with E-state index in [-0.39, 0.29) is 0 Å². The van der Waals surface area contributed by atoms with Crippen molar-refractivity contribution in [1.29, 1.82) is 0 Å². The van der Waals surface area contributed by atoms with Gasteiger partial charge in [-0.3, -0.25) is 0 Å². The number of nitrogens with one attached hydrogen (secondary N) is 1. The number of unbranched alkanes of at least 4 members (excludes halogenated alkanes) is 4. The molecule has 0 radical (unpaired) electrons. The topological polar surface area (TPSA) is 47.3 Å². The fourth-order valence-electron chi connectivity index (χ4n) is 0.974. The second kappa shape index (κ2) is 9.88. The standard InChI is InChI=1S/C8H20N2O/c1-11-10-8-6-4-2-3-5-7-9/h10H,2-9H2,1H3. The van der Waals surface area contributed by atoms with Crippen LogP contribution in [0.3, 0.4) is 0 Å². The van der Waals surface area contributed by atoms with Crippen molar-refractivity contribution in [2.45, 2.75) is 32.1 Å². The van der Waals surface area contributed by atoms with Crippen molar-refractivity contribution in [3.05, 3.63) is 0 Å². The van der Waals surface area contributed by atoms with Gasteiger partial charge in [0.1, 0.15) is 0 Å². The van der Waals surface area contributed by atoms with E-state index in [0.29, 0.717) is 0 Å². The van der Waals surface area contributed by atoms with Crippen molar-refractivity contribution in [2.75, 3.05) is 20.2 Å². The van der Waals surface area contributed by atoms with E-state index < -0.39 is 0 Å². The van der Waals surface area contributed by atoms with Gasteiger partial charge in [-0.25, -0.2) is 5.48 Å². The summed E-state index contributed by atoms with van der Waals surface area (Å²) in [5.41, 5.74) is 8.17. The third-order valence-corrected chi connectivity index (χ3v) is 1.63. The second-order valence-electron chi connectivity index (χ2n) is 2.65. The molecule has 0 spiro atoms. The third-order valence-electron chi connectivity index (χ3n) is 1.63. The highest BCUT2D eigenvalue weighted by atomic mass is 16.6. The minimum absolute atomic E-state index is 0.830. The Morgan fingerprint density at radius 1 is 1.09 bits per heavy atom. The minimum Gasteiger partial charge on any atom is -0.330 e. The lowest BCUT2D eigenvalue weighted by molar-refractivity contribution is 0.0904. The van der Waals surface area contributed by atoms with E-state index in [0.717, 1.165) is 19.5 Å². The first-order valence-electron chi connectivity index (χ1n) is 4.37. The molecule has 3 heteroatoms. The van der Waals surface area contributed by atoms with Gasteiger partial charge in [0.15, 0.2) is 0 Å². The molecule has 0 aromatic heterocycles. The highest BCUT2D eigenvalue weighted by molar-refractivity contribution is 4.45. The predicted octanol–water partition coefficient (Wildman–Crippen LogP) is 1.05. The molecule has 3 N–H and O–H groups in total. The third kappa shape index (κ3) is 9.88. The molecule has 0 bridgehead atoms. The summed E-state index contributed by atoms with van der Waals surface area (Å²) in [6.45, 7) is 1.79. The maximum absolute atomic E-state index is 5.36. The van der Waals surface area contributed by atoms with Crippen molar-refractivity contribution in [3.63, 3.8) is 0 Å². The molecular formula is C8H20N2O.